The number of fused-ring (bicyclic) bond motifs is 2. The molecular formula is C26H27ClN6OS. The summed E-state index contributed by atoms with van der Waals surface area (Å²) in [7, 11) is 0. The van der Waals surface area contributed by atoms with Gasteiger partial charge in [-0.2, -0.15) is 5.10 Å². The van der Waals surface area contributed by atoms with E-state index in [1.807, 2.05) is 61.5 Å². The van der Waals surface area contributed by atoms with Gasteiger partial charge < -0.3 is 0 Å². The van der Waals surface area contributed by atoms with Crippen LogP contribution in [-0.4, -0.2) is 31.6 Å². The first-order chi connectivity index (χ1) is 17.1. The number of unbranched alkanes of at least 4 members (excludes halogenated alkanes) is 3. The highest BCUT2D eigenvalue weighted by Gasteiger charge is 2.37. The van der Waals surface area contributed by atoms with Crippen molar-refractivity contribution in [2.24, 2.45) is 10.1 Å². The van der Waals surface area contributed by atoms with Crippen LogP contribution in [0, 0.1) is 6.92 Å². The standard InChI is InChI=1S/C26H27ClN6OS/c1-3-4-5-11-16-35-26-29-25(34)22-19-14-9-10-15-20(19)28-24(33(22)31-26)21-17(2)30-32(23(21)27)18-12-7-6-8-13-18/h6-10,12-15,24H,3-5,11,16H2,1-2H3,(H,29,31,34)/t24-/m0/s1. The quantitative estimate of drug-likeness (QED) is 0.485. The van der Waals surface area contributed by atoms with E-state index in [0.717, 1.165) is 39.7 Å². The molecule has 35 heavy (non-hydrogen) atoms. The number of carbonyl (C=O) groups excluding carboxylic acids is 1. The smallest absolute Gasteiger partial charge is 0.276 e. The van der Waals surface area contributed by atoms with Crippen LogP contribution in [-0.2, 0) is 4.79 Å². The SMILES string of the molecule is CCCCCCSC1=NN2C(=c3ccccc3=N[C@@H]2c2c(C)nn(-c3ccccc3)c2Cl)C(=O)N1. The first-order valence-electron chi connectivity index (χ1n) is 11.9. The number of nitrogens with one attached hydrogen (secondary N) is 1. The number of carbonyl (C=O) groups is 1. The molecule has 0 saturated carbocycles. The number of hydrazone groups is 1. The zero-order valence-corrected chi connectivity index (χ0v) is 21.3. The van der Waals surface area contributed by atoms with Gasteiger partial charge in [0.15, 0.2) is 11.3 Å². The van der Waals surface area contributed by atoms with Crippen molar-refractivity contribution in [3.63, 3.8) is 0 Å². The number of nitrogens with zero attached hydrogens (tertiary/aromatic N) is 5. The normalized spacial score (nSPS) is 16.8. The molecule has 180 valence electrons. The fourth-order valence-corrected chi connectivity index (χ4v) is 5.55. The number of thioether (sulfide) groups is 1. The van der Waals surface area contributed by atoms with Crippen LogP contribution in [0.3, 0.4) is 0 Å². The van der Waals surface area contributed by atoms with Gasteiger partial charge in [0.05, 0.1) is 22.3 Å². The molecule has 0 unspecified atom stereocenters. The Morgan fingerprint density at radius 1 is 1.06 bits per heavy atom. The molecule has 3 heterocycles. The molecule has 0 spiro atoms. The van der Waals surface area contributed by atoms with Crippen LogP contribution in [0.5, 0.6) is 0 Å². The minimum atomic E-state index is -0.605. The fraction of sp³-hybridized carbons (Fsp3) is 0.308. The van der Waals surface area contributed by atoms with Crippen LogP contribution < -0.4 is 15.9 Å². The molecule has 1 atom stereocenters. The summed E-state index contributed by atoms with van der Waals surface area (Å²) in [4.78, 5) is 18.3. The van der Waals surface area contributed by atoms with Gasteiger partial charge in [-0.05, 0) is 31.5 Å². The maximum Gasteiger partial charge on any atom is 0.276 e. The van der Waals surface area contributed by atoms with E-state index >= 15 is 0 Å². The maximum atomic E-state index is 13.3. The Hall–Kier alpha value is -3.10. The van der Waals surface area contributed by atoms with Crippen LogP contribution in [0.4, 0.5) is 0 Å². The summed E-state index contributed by atoms with van der Waals surface area (Å²) in [5, 5.41) is 16.8. The van der Waals surface area contributed by atoms with Crippen molar-refractivity contribution < 1.29 is 4.79 Å². The van der Waals surface area contributed by atoms with Crippen molar-refractivity contribution in [2.75, 3.05) is 5.75 Å². The molecule has 0 saturated heterocycles. The Bertz CT molecular complexity index is 1400. The third-order valence-electron chi connectivity index (χ3n) is 6.06. The lowest BCUT2D eigenvalue weighted by Crippen LogP contribution is -2.50. The lowest BCUT2D eigenvalue weighted by Gasteiger charge is -2.34. The average Bonchev–Trinajstić information content (AvgIpc) is 3.17. The minimum Gasteiger partial charge on any atom is -0.298 e. The van der Waals surface area contributed by atoms with Gasteiger partial charge >= 0.3 is 0 Å². The highest BCUT2D eigenvalue weighted by atomic mass is 35.5. The monoisotopic (exact) mass is 506 g/mol. The molecule has 1 amide bonds. The van der Waals surface area contributed by atoms with Gasteiger partial charge in [0.2, 0.25) is 0 Å². The van der Waals surface area contributed by atoms with Gasteiger partial charge in [0.25, 0.3) is 5.91 Å². The second-order valence-electron chi connectivity index (χ2n) is 8.52. The van der Waals surface area contributed by atoms with Crippen molar-refractivity contribution in [1.29, 1.82) is 0 Å². The zero-order chi connectivity index (χ0) is 24.4. The van der Waals surface area contributed by atoms with Crippen LogP contribution in [0.15, 0.2) is 64.7 Å². The zero-order valence-electron chi connectivity index (χ0n) is 19.7. The molecule has 9 heteroatoms. The highest BCUT2D eigenvalue weighted by Crippen LogP contribution is 2.37. The van der Waals surface area contributed by atoms with Gasteiger partial charge in [-0.1, -0.05) is 85.9 Å². The summed E-state index contributed by atoms with van der Waals surface area (Å²) in [5.74, 6) is 0.708. The van der Waals surface area contributed by atoms with E-state index in [0.29, 0.717) is 16.0 Å². The predicted octanol–water partition coefficient (Wildman–Crippen LogP) is 4.29. The number of para-hydroxylation sites is 2. The highest BCUT2D eigenvalue weighted by molar-refractivity contribution is 8.13. The lowest BCUT2D eigenvalue weighted by molar-refractivity contribution is -0.116. The summed E-state index contributed by atoms with van der Waals surface area (Å²) in [6.07, 6.45) is 4.05. The average molecular weight is 507 g/mol. The summed E-state index contributed by atoms with van der Waals surface area (Å²) < 4.78 is 1.71. The summed E-state index contributed by atoms with van der Waals surface area (Å²) in [6, 6.07) is 17.4. The van der Waals surface area contributed by atoms with Crippen molar-refractivity contribution in [2.45, 2.75) is 45.7 Å². The number of aromatic nitrogens is 2. The molecule has 2 aliphatic heterocycles. The largest absolute Gasteiger partial charge is 0.298 e. The molecule has 2 aliphatic rings. The Morgan fingerprint density at radius 3 is 2.63 bits per heavy atom. The Balaban J connectivity index is 1.58. The van der Waals surface area contributed by atoms with Gasteiger partial charge in [-0.25, -0.2) is 9.69 Å². The van der Waals surface area contributed by atoms with Gasteiger partial charge in [0.1, 0.15) is 10.9 Å². The number of amidine groups is 1. The van der Waals surface area contributed by atoms with Crippen molar-refractivity contribution in [3.8, 4) is 5.69 Å². The topological polar surface area (TPSA) is 74.9 Å². The van der Waals surface area contributed by atoms with Crippen LogP contribution >= 0.6 is 23.4 Å². The number of hydrogen-bond acceptors (Lipinski definition) is 6. The molecule has 0 fully saturated rings. The van der Waals surface area contributed by atoms with Crippen molar-refractivity contribution in [1.82, 2.24) is 20.1 Å². The molecule has 0 bridgehead atoms. The lowest BCUT2D eigenvalue weighted by atomic mass is 10.1. The third kappa shape index (κ3) is 4.60. The summed E-state index contributed by atoms with van der Waals surface area (Å²) >= 11 is 8.47. The van der Waals surface area contributed by atoms with E-state index in [-0.39, 0.29) is 5.91 Å². The van der Waals surface area contributed by atoms with Gasteiger partial charge in [-0.15, -0.1) is 5.10 Å². The molecule has 7 nitrogen and oxygen atoms in total. The van der Waals surface area contributed by atoms with E-state index < -0.39 is 6.17 Å². The van der Waals surface area contributed by atoms with E-state index in [1.165, 1.54) is 19.3 Å². The Morgan fingerprint density at radius 2 is 1.83 bits per heavy atom. The molecule has 5 rings (SSSR count). The van der Waals surface area contributed by atoms with Crippen molar-refractivity contribution >= 4 is 40.1 Å². The van der Waals surface area contributed by atoms with Gasteiger partial charge in [-0.3, -0.25) is 15.1 Å². The number of amides is 1. The van der Waals surface area contributed by atoms with E-state index in [1.54, 1.807) is 21.5 Å². The molecule has 1 N–H and O–H groups in total. The summed E-state index contributed by atoms with van der Waals surface area (Å²) in [6.45, 7) is 4.11. The maximum absolute atomic E-state index is 13.3. The summed E-state index contributed by atoms with van der Waals surface area (Å²) in [5.41, 5.74) is 2.80. The Kier molecular flexibility index (Phi) is 6.92. The van der Waals surface area contributed by atoms with E-state index in [2.05, 4.69) is 12.2 Å². The fourth-order valence-electron chi connectivity index (χ4n) is 4.32. The molecule has 0 radical (unpaired) electrons. The second-order valence-corrected chi connectivity index (χ2v) is 9.96. The predicted molar refractivity (Wildman–Crippen MR) is 141 cm³/mol. The minimum absolute atomic E-state index is 0.187. The van der Waals surface area contributed by atoms with E-state index in [4.69, 9.17) is 26.8 Å². The number of benzene rings is 2. The Labute approximate surface area is 213 Å². The van der Waals surface area contributed by atoms with Crippen LogP contribution in [0.25, 0.3) is 11.4 Å². The van der Waals surface area contributed by atoms with Crippen LogP contribution in [0.2, 0.25) is 5.15 Å². The molecule has 0 aliphatic carbocycles. The number of aryl methyl sites for hydroxylation is 1. The number of rotatable bonds is 7. The van der Waals surface area contributed by atoms with Crippen molar-refractivity contribution in [3.05, 3.63) is 81.6 Å². The van der Waals surface area contributed by atoms with E-state index in [9.17, 15) is 4.79 Å². The number of hydrogen-bond donors (Lipinski definition) is 1. The van der Waals surface area contributed by atoms with Gasteiger partial charge in [0, 0.05) is 11.0 Å². The second kappa shape index (κ2) is 10.3. The first-order valence-corrected chi connectivity index (χ1v) is 13.2. The first kappa shape index (κ1) is 23.6. The molecule has 3 aromatic rings. The molecular weight excluding hydrogens is 480 g/mol. The third-order valence-corrected chi connectivity index (χ3v) is 7.37. The number of halogens is 1. The van der Waals surface area contributed by atoms with Crippen LogP contribution in [0.1, 0.15) is 50.0 Å². The molecule has 1 aromatic heterocycles. The molecule has 2 aromatic carbocycles.